The van der Waals surface area contributed by atoms with Crippen LogP contribution < -0.4 is 20.9 Å². The van der Waals surface area contributed by atoms with Gasteiger partial charge < -0.3 is 25.6 Å². The monoisotopic (exact) mass is 719 g/mol. The predicted molar refractivity (Wildman–Crippen MR) is 180 cm³/mol. The van der Waals surface area contributed by atoms with E-state index < -0.39 is 65.9 Å². The van der Waals surface area contributed by atoms with Gasteiger partial charge in [-0.3, -0.25) is 14.2 Å². The molecule has 0 spiro atoms. The summed E-state index contributed by atoms with van der Waals surface area (Å²) in [7, 11) is 0. The van der Waals surface area contributed by atoms with Crippen LogP contribution in [0.25, 0.3) is 38.8 Å². The van der Waals surface area contributed by atoms with Crippen LogP contribution in [0.2, 0.25) is 0 Å². The number of fused-ring (bicyclic) bond motifs is 2. The number of nitrogens with one attached hydrogen (secondary N) is 2. The fourth-order valence-electron chi connectivity index (χ4n) is 5.51. The Hall–Kier alpha value is -6.26. The summed E-state index contributed by atoms with van der Waals surface area (Å²) in [6.07, 6.45) is -5.34. The second-order valence-corrected chi connectivity index (χ2v) is 11.4. The molecule has 0 aliphatic carbocycles. The molecule has 0 saturated carbocycles. The summed E-state index contributed by atoms with van der Waals surface area (Å²) in [6.45, 7) is 0.551. The summed E-state index contributed by atoms with van der Waals surface area (Å²) in [5.74, 6) is -6.46. The number of alkyl halides is 3. The third-order valence-electron chi connectivity index (χ3n) is 7.99. The van der Waals surface area contributed by atoms with E-state index in [2.05, 4.69) is 25.3 Å². The van der Waals surface area contributed by atoms with Crippen molar-refractivity contribution in [2.75, 3.05) is 23.8 Å². The molecular formula is C36H26F5N5O6. The van der Waals surface area contributed by atoms with Gasteiger partial charge in [-0.15, -0.1) is 0 Å². The van der Waals surface area contributed by atoms with E-state index in [1.165, 1.54) is 30.3 Å². The number of aliphatic hydroxyl groups is 2. The van der Waals surface area contributed by atoms with Gasteiger partial charge in [-0.1, -0.05) is 42.5 Å². The molecule has 1 amide bonds. The molecule has 0 aliphatic heterocycles. The molecule has 0 unspecified atom stereocenters. The van der Waals surface area contributed by atoms with Gasteiger partial charge >= 0.3 is 12.1 Å². The molecule has 0 saturated heterocycles. The lowest BCUT2D eigenvalue weighted by Crippen LogP contribution is -2.29. The number of carbonyl (C=O) groups is 2. The van der Waals surface area contributed by atoms with Crippen LogP contribution in [0.15, 0.2) is 89.7 Å². The number of aryl methyl sites for hydroxylation is 1. The number of rotatable bonds is 9. The zero-order chi connectivity index (χ0) is 37.3. The lowest BCUT2D eigenvalue weighted by molar-refractivity contribution is -0.189. The summed E-state index contributed by atoms with van der Waals surface area (Å²) in [4.78, 5) is 47.6. The summed E-state index contributed by atoms with van der Waals surface area (Å²) in [5, 5.41) is 25.6. The number of anilines is 2. The van der Waals surface area contributed by atoms with Crippen molar-refractivity contribution in [3.63, 3.8) is 0 Å². The molecule has 0 atom stereocenters. The molecular weight excluding hydrogens is 693 g/mol. The number of aliphatic hydroxyl groups excluding tert-OH is 2. The van der Waals surface area contributed by atoms with Gasteiger partial charge in [0.25, 0.3) is 11.5 Å². The first-order chi connectivity index (χ1) is 24.8. The quantitative estimate of drug-likeness (QED) is 0.0840. The Bertz CT molecular complexity index is 2410. The maximum absolute atomic E-state index is 15.1. The molecule has 0 bridgehead atoms. The molecule has 0 aliphatic rings. The molecule has 11 nitrogen and oxygen atoms in total. The number of amides is 1. The molecule has 2 aromatic heterocycles. The first-order valence-electron chi connectivity index (χ1n) is 15.4. The Labute approximate surface area is 290 Å². The first-order valence-corrected chi connectivity index (χ1v) is 15.4. The maximum atomic E-state index is 15.1. The van der Waals surface area contributed by atoms with Crippen molar-refractivity contribution in [1.82, 2.24) is 14.5 Å². The number of nitrogens with zero attached hydrogens (tertiary/aromatic N) is 3. The molecule has 0 fully saturated rings. The Morgan fingerprint density at radius 2 is 1.60 bits per heavy atom. The fraction of sp³-hybridized carbons (Fsp3) is 0.139. The van der Waals surface area contributed by atoms with Crippen LogP contribution in [0.1, 0.15) is 15.9 Å². The van der Waals surface area contributed by atoms with Gasteiger partial charge in [0.2, 0.25) is 5.95 Å². The predicted octanol–water partition coefficient (Wildman–Crippen LogP) is 5.67. The van der Waals surface area contributed by atoms with E-state index in [1.54, 1.807) is 31.2 Å². The van der Waals surface area contributed by atoms with Gasteiger partial charge in [0, 0.05) is 22.7 Å². The van der Waals surface area contributed by atoms with Crippen molar-refractivity contribution in [2.45, 2.75) is 19.1 Å². The number of hydrogen-bond donors (Lipinski definition) is 4. The largest absolute Gasteiger partial charge is 0.491 e. The number of para-hydroxylation sites is 1. The van der Waals surface area contributed by atoms with Crippen molar-refractivity contribution < 1.29 is 46.5 Å². The first kappa shape index (κ1) is 35.6. The number of aromatic nitrogens is 3. The van der Waals surface area contributed by atoms with E-state index >= 15 is 8.78 Å². The van der Waals surface area contributed by atoms with Crippen LogP contribution in [-0.2, 0) is 4.79 Å². The maximum Gasteiger partial charge on any atom is 0.491 e. The average Bonchev–Trinajstić information content (AvgIpc) is 3.11. The number of hydrogen-bond acceptors (Lipinski definition) is 9. The minimum atomic E-state index is -5.34. The highest BCUT2D eigenvalue weighted by Crippen LogP contribution is 2.35. The Kier molecular flexibility index (Phi) is 9.69. The van der Waals surface area contributed by atoms with Gasteiger partial charge in [-0.2, -0.15) is 18.2 Å². The summed E-state index contributed by atoms with van der Waals surface area (Å²) < 4.78 is 74.9. The van der Waals surface area contributed by atoms with E-state index in [9.17, 15) is 37.8 Å². The zero-order valence-electron chi connectivity index (χ0n) is 26.8. The second-order valence-electron chi connectivity index (χ2n) is 11.4. The Morgan fingerprint density at radius 3 is 2.29 bits per heavy atom. The van der Waals surface area contributed by atoms with Crippen molar-refractivity contribution >= 4 is 45.3 Å². The molecule has 4 aromatic carbocycles. The number of pyridine rings is 1. The molecule has 16 heteroatoms. The number of carbonyl (C=O) groups excluding carboxylic acids is 2. The van der Waals surface area contributed by atoms with E-state index in [1.807, 2.05) is 0 Å². The smallest absolute Gasteiger partial charge is 0.419 e. The van der Waals surface area contributed by atoms with Crippen molar-refractivity contribution in [2.24, 2.45) is 0 Å². The summed E-state index contributed by atoms with van der Waals surface area (Å²) in [5.41, 5.74) is -1.13. The van der Waals surface area contributed by atoms with Crippen LogP contribution in [0, 0.1) is 18.6 Å². The zero-order valence-corrected chi connectivity index (χ0v) is 26.8. The number of ether oxygens (including phenoxy) is 1. The number of halogens is 5. The molecule has 6 rings (SSSR count). The van der Waals surface area contributed by atoms with E-state index in [0.717, 1.165) is 30.3 Å². The molecule has 2 heterocycles. The lowest BCUT2D eigenvalue weighted by atomic mass is 10.0. The van der Waals surface area contributed by atoms with E-state index in [-0.39, 0.29) is 39.3 Å². The van der Waals surface area contributed by atoms with Crippen molar-refractivity contribution in [3.8, 4) is 22.7 Å². The standard InChI is InChI=1S/C36H26F5N5O6/c1-18-9-11-20(42-33(50)29-22-6-3-2-5-19(22)10-13-27(29)52-34(51)36(39,40)41)15-24(18)30-23-12-14-28(49)46(31-25(37)7-4-8-26(31)38)32(23)45-35(44-30)43-21(16-47)17-48/h2-15,21,47-48H,16-17H2,1H3,(H,42,50)(H,43,44,45). The molecule has 4 N–H and O–H groups in total. The Balaban J connectivity index is 1.51. The van der Waals surface area contributed by atoms with Gasteiger partial charge in [0.05, 0.1) is 30.5 Å². The van der Waals surface area contributed by atoms with Crippen LogP contribution in [0.4, 0.5) is 33.6 Å². The number of benzene rings is 4. The highest BCUT2D eigenvalue weighted by atomic mass is 19.4. The topological polar surface area (TPSA) is 156 Å². The minimum Gasteiger partial charge on any atom is -0.419 e. The average molecular weight is 720 g/mol. The summed E-state index contributed by atoms with van der Waals surface area (Å²) in [6, 6.07) is 17.7. The number of esters is 1. The fourth-order valence-corrected chi connectivity index (χ4v) is 5.51. The minimum absolute atomic E-state index is 0.0891. The van der Waals surface area contributed by atoms with E-state index in [0.29, 0.717) is 21.1 Å². The normalized spacial score (nSPS) is 11.6. The van der Waals surface area contributed by atoms with E-state index in [4.69, 9.17) is 0 Å². The molecule has 0 radical (unpaired) electrons. The van der Waals surface area contributed by atoms with Gasteiger partial charge in [0.1, 0.15) is 23.1 Å². The Morgan fingerprint density at radius 1 is 0.885 bits per heavy atom. The third-order valence-corrected chi connectivity index (χ3v) is 7.99. The van der Waals surface area contributed by atoms with Gasteiger partial charge in [-0.25, -0.2) is 18.6 Å². The van der Waals surface area contributed by atoms with Gasteiger partial charge in [-0.05, 0) is 59.7 Å². The van der Waals surface area contributed by atoms with Crippen molar-refractivity contribution in [1.29, 1.82) is 0 Å². The highest BCUT2D eigenvalue weighted by Gasteiger charge is 2.42. The SMILES string of the molecule is Cc1ccc(NC(=O)c2c(OC(=O)C(F)(F)F)ccc3ccccc23)cc1-c1nc(NC(CO)CO)nc2c1ccc(=O)n2-c1c(F)cccc1F. The molecule has 266 valence electrons. The van der Waals surface area contributed by atoms with Crippen LogP contribution in [0.5, 0.6) is 5.75 Å². The highest BCUT2D eigenvalue weighted by molar-refractivity contribution is 6.15. The lowest BCUT2D eigenvalue weighted by Gasteiger charge is -2.19. The molecule has 6 aromatic rings. The van der Waals surface area contributed by atoms with Crippen LogP contribution in [-0.4, -0.2) is 62.1 Å². The molecule has 52 heavy (non-hydrogen) atoms. The second kappa shape index (κ2) is 14.2. The van der Waals surface area contributed by atoms with Crippen molar-refractivity contribution in [3.05, 3.63) is 118 Å². The third kappa shape index (κ3) is 6.88. The van der Waals surface area contributed by atoms with Crippen LogP contribution >= 0.6 is 0 Å². The van der Waals surface area contributed by atoms with Gasteiger partial charge in [0.15, 0.2) is 5.65 Å². The van der Waals surface area contributed by atoms with Crippen LogP contribution in [0.3, 0.4) is 0 Å². The summed E-state index contributed by atoms with van der Waals surface area (Å²) >= 11 is 0.